The van der Waals surface area contributed by atoms with Crippen LogP contribution in [0.3, 0.4) is 0 Å². The van der Waals surface area contributed by atoms with E-state index in [0.29, 0.717) is 0 Å². The number of rotatable bonds is 2. The topological polar surface area (TPSA) is 30.5 Å². The van der Waals surface area contributed by atoms with Gasteiger partial charge in [0, 0.05) is 25.1 Å². The minimum Gasteiger partial charge on any atom is -0.489 e. The lowest BCUT2D eigenvalue weighted by atomic mass is 10.00. The summed E-state index contributed by atoms with van der Waals surface area (Å²) in [6.07, 6.45) is 1.00. The van der Waals surface area contributed by atoms with Crippen LogP contribution >= 0.6 is 0 Å². The van der Waals surface area contributed by atoms with E-state index in [9.17, 15) is 0 Å². The van der Waals surface area contributed by atoms with E-state index in [-0.39, 0.29) is 5.60 Å². The molecule has 2 aliphatic heterocycles. The van der Waals surface area contributed by atoms with Gasteiger partial charge in [-0.3, -0.25) is 0 Å². The fourth-order valence-corrected chi connectivity index (χ4v) is 2.08. The molecule has 0 amide bonds. The van der Waals surface area contributed by atoms with Crippen LogP contribution in [-0.4, -0.2) is 25.3 Å². The molecule has 0 saturated carbocycles. The third-order valence-corrected chi connectivity index (χ3v) is 3.03. The molecule has 80 valence electrons. The zero-order valence-corrected chi connectivity index (χ0v) is 8.88. The number of hydrogen-bond acceptors (Lipinski definition) is 3. The van der Waals surface area contributed by atoms with Crippen LogP contribution in [0.4, 0.5) is 0 Å². The van der Waals surface area contributed by atoms with Crippen molar-refractivity contribution in [3.63, 3.8) is 0 Å². The Morgan fingerprint density at radius 3 is 3.00 bits per heavy atom. The largest absolute Gasteiger partial charge is 0.489 e. The summed E-state index contributed by atoms with van der Waals surface area (Å²) in [5, 5.41) is 3.22. The van der Waals surface area contributed by atoms with E-state index >= 15 is 0 Å². The fraction of sp³-hybridized carbons (Fsp3) is 0.500. The number of nitrogens with one attached hydrogen (secondary N) is 1. The third kappa shape index (κ3) is 1.47. The van der Waals surface area contributed by atoms with Gasteiger partial charge in [-0.05, 0) is 13.0 Å². The van der Waals surface area contributed by atoms with Crippen molar-refractivity contribution in [2.45, 2.75) is 18.9 Å². The highest BCUT2D eigenvalue weighted by Gasteiger charge is 2.35. The summed E-state index contributed by atoms with van der Waals surface area (Å²) in [7, 11) is 0. The molecule has 2 aliphatic rings. The van der Waals surface area contributed by atoms with Crippen LogP contribution in [-0.2, 0) is 6.42 Å². The van der Waals surface area contributed by atoms with E-state index in [0.717, 1.165) is 37.6 Å². The Morgan fingerprint density at radius 2 is 2.27 bits per heavy atom. The molecule has 1 fully saturated rings. The van der Waals surface area contributed by atoms with Gasteiger partial charge in [0.05, 0.1) is 6.61 Å². The maximum Gasteiger partial charge on any atom is 0.164 e. The molecule has 2 heterocycles. The van der Waals surface area contributed by atoms with Crippen LogP contribution < -0.4 is 14.8 Å². The molecule has 15 heavy (non-hydrogen) atoms. The molecule has 3 nitrogen and oxygen atoms in total. The maximum absolute atomic E-state index is 5.99. The molecule has 0 aromatic heterocycles. The van der Waals surface area contributed by atoms with E-state index in [1.807, 2.05) is 12.1 Å². The minimum atomic E-state index is -0.0545. The van der Waals surface area contributed by atoms with Crippen molar-refractivity contribution >= 4 is 0 Å². The Bertz CT molecular complexity index is 385. The molecule has 0 atom stereocenters. The molecule has 1 saturated heterocycles. The predicted octanol–water partition coefficient (Wildman–Crippen LogP) is 1.36. The van der Waals surface area contributed by atoms with E-state index in [4.69, 9.17) is 9.47 Å². The Morgan fingerprint density at radius 1 is 1.40 bits per heavy atom. The Labute approximate surface area is 89.4 Å². The molecule has 0 bridgehead atoms. The van der Waals surface area contributed by atoms with E-state index in [1.54, 1.807) is 0 Å². The first kappa shape index (κ1) is 9.04. The fourth-order valence-electron chi connectivity index (χ4n) is 2.08. The van der Waals surface area contributed by atoms with Gasteiger partial charge in [-0.25, -0.2) is 0 Å². The van der Waals surface area contributed by atoms with Gasteiger partial charge < -0.3 is 14.8 Å². The summed E-state index contributed by atoms with van der Waals surface area (Å²) in [6, 6.07) is 6.14. The number of para-hydroxylation sites is 1. The van der Waals surface area contributed by atoms with Crippen LogP contribution in [0.1, 0.15) is 12.5 Å². The van der Waals surface area contributed by atoms with Crippen molar-refractivity contribution < 1.29 is 9.47 Å². The number of ether oxygens (including phenoxy) is 2. The van der Waals surface area contributed by atoms with Crippen LogP contribution in [0.25, 0.3) is 0 Å². The molecular weight excluding hydrogens is 190 g/mol. The van der Waals surface area contributed by atoms with Gasteiger partial charge in [-0.2, -0.15) is 0 Å². The molecule has 1 aromatic rings. The normalized spacial score (nSPS) is 21.4. The van der Waals surface area contributed by atoms with E-state index in [2.05, 4.69) is 18.3 Å². The summed E-state index contributed by atoms with van der Waals surface area (Å²) in [5.74, 6) is 1.85. The van der Waals surface area contributed by atoms with Gasteiger partial charge in [0.15, 0.2) is 11.5 Å². The van der Waals surface area contributed by atoms with Gasteiger partial charge in [0.25, 0.3) is 0 Å². The average molecular weight is 205 g/mol. The Kier molecular flexibility index (Phi) is 1.89. The third-order valence-electron chi connectivity index (χ3n) is 3.03. The van der Waals surface area contributed by atoms with Gasteiger partial charge in [-0.1, -0.05) is 12.1 Å². The highest BCUT2D eigenvalue weighted by Crippen LogP contribution is 2.37. The van der Waals surface area contributed by atoms with Crippen molar-refractivity contribution in [2.75, 3.05) is 19.7 Å². The van der Waals surface area contributed by atoms with Crippen LogP contribution in [0.2, 0.25) is 0 Å². The lowest BCUT2D eigenvalue weighted by Crippen LogP contribution is -2.61. The van der Waals surface area contributed by atoms with Crippen molar-refractivity contribution in [3.8, 4) is 11.5 Å². The second-order valence-electron chi connectivity index (χ2n) is 4.50. The number of benzene rings is 1. The van der Waals surface area contributed by atoms with Gasteiger partial charge in [0.1, 0.15) is 5.60 Å². The Balaban J connectivity index is 1.89. The molecule has 0 spiro atoms. The Hall–Kier alpha value is -1.22. The lowest BCUT2D eigenvalue weighted by Gasteiger charge is -2.39. The maximum atomic E-state index is 5.99. The number of fused-ring (bicyclic) bond motifs is 1. The summed E-state index contributed by atoms with van der Waals surface area (Å²) < 4.78 is 11.6. The first-order chi connectivity index (χ1) is 7.27. The first-order valence-corrected chi connectivity index (χ1v) is 5.41. The summed E-state index contributed by atoms with van der Waals surface area (Å²) in [6.45, 7) is 4.73. The molecule has 3 heteroatoms. The zero-order chi connectivity index (χ0) is 10.3. The molecular formula is C12H15NO2. The minimum absolute atomic E-state index is 0.0545. The SMILES string of the molecule is CC1(Oc2cccc3c2OCC3)CNC1. The van der Waals surface area contributed by atoms with Crippen molar-refractivity contribution in [1.82, 2.24) is 5.32 Å². The zero-order valence-electron chi connectivity index (χ0n) is 8.88. The highest BCUT2D eigenvalue weighted by molar-refractivity contribution is 5.49. The summed E-state index contributed by atoms with van der Waals surface area (Å²) in [5.41, 5.74) is 1.21. The van der Waals surface area contributed by atoms with Crippen LogP contribution in [0.5, 0.6) is 11.5 Å². The first-order valence-electron chi connectivity index (χ1n) is 5.41. The highest BCUT2D eigenvalue weighted by atomic mass is 16.5. The smallest absolute Gasteiger partial charge is 0.164 e. The van der Waals surface area contributed by atoms with Crippen LogP contribution in [0, 0.1) is 0 Å². The van der Waals surface area contributed by atoms with Gasteiger partial charge in [0.2, 0.25) is 0 Å². The molecule has 0 unspecified atom stereocenters. The standard InChI is InChI=1S/C12H15NO2/c1-12(7-13-8-12)15-10-4-2-3-9-5-6-14-11(9)10/h2-4,13H,5-8H2,1H3. The summed E-state index contributed by atoms with van der Waals surface area (Å²) >= 11 is 0. The quantitative estimate of drug-likeness (QED) is 0.790. The van der Waals surface area contributed by atoms with Gasteiger partial charge >= 0.3 is 0 Å². The second kappa shape index (κ2) is 3.14. The second-order valence-corrected chi connectivity index (χ2v) is 4.50. The number of hydrogen-bond donors (Lipinski definition) is 1. The van der Waals surface area contributed by atoms with Crippen molar-refractivity contribution in [3.05, 3.63) is 23.8 Å². The van der Waals surface area contributed by atoms with Crippen LogP contribution in [0.15, 0.2) is 18.2 Å². The molecule has 1 aromatic carbocycles. The molecule has 0 radical (unpaired) electrons. The van der Waals surface area contributed by atoms with Crippen molar-refractivity contribution in [2.24, 2.45) is 0 Å². The van der Waals surface area contributed by atoms with Crippen molar-refractivity contribution in [1.29, 1.82) is 0 Å². The van der Waals surface area contributed by atoms with E-state index < -0.39 is 0 Å². The lowest BCUT2D eigenvalue weighted by molar-refractivity contribution is 0.0323. The summed E-state index contributed by atoms with van der Waals surface area (Å²) in [4.78, 5) is 0. The monoisotopic (exact) mass is 205 g/mol. The molecule has 0 aliphatic carbocycles. The molecule has 1 N–H and O–H groups in total. The molecule has 3 rings (SSSR count). The van der Waals surface area contributed by atoms with E-state index in [1.165, 1.54) is 5.56 Å². The average Bonchev–Trinajstić information content (AvgIpc) is 2.64. The predicted molar refractivity (Wildman–Crippen MR) is 57.5 cm³/mol. The van der Waals surface area contributed by atoms with Gasteiger partial charge in [-0.15, -0.1) is 0 Å².